The van der Waals surface area contributed by atoms with Gasteiger partial charge >= 0.3 is 0 Å². The average molecular weight is 305 g/mol. The van der Waals surface area contributed by atoms with Gasteiger partial charge in [0, 0.05) is 24.9 Å². The first kappa shape index (κ1) is 15.5. The summed E-state index contributed by atoms with van der Waals surface area (Å²) >= 11 is 1.58. The number of tetrazole rings is 1. The molecule has 0 atom stereocenters. The number of carbonyl (C=O) groups excluding carboxylic acids is 1. The van der Waals surface area contributed by atoms with Gasteiger partial charge in [-0.15, -0.1) is 5.10 Å². The van der Waals surface area contributed by atoms with Gasteiger partial charge in [-0.05, 0) is 47.9 Å². The first-order chi connectivity index (χ1) is 10.1. The maximum absolute atomic E-state index is 12.1. The monoisotopic (exact) mass is 305 g/mol. The van der Waals surface area contributed by atoms with E-state index < -0.39 is 0 Å². The Morgan fingerprint density at radius 3 is 2.90 bits per heavy atom. The molecular formula is C14H19N5OS. The summed E-state index contributed by atoms with van der Waals surface area (Å²) in [6.45, 7) is 4.63. The van der Waals surface area contributed by atoms with Crippen molar-refractivity contribution in [1.29, 1.82) is 0 Å². The maximum atomic E-state index is 12.1. The van der Waals surface area contributed by atoms with Crippen molar-refractivity contribution in [2.24, 2.45) is 7.05 Å². The number of thioether (sulfide) groups is 1. The number of aromatic nitrogens is 4. The van der Waals surface area contributed by atoms with E-state index in [4.69, 9.17) is 0 Å². The molecule has 0 saturated carbocycles. The molecule has 1 N–H and O–H groups in total. The lowest BCUT2D eigenvalue weighted by Crippen LogP contribution is -2.25. The first-order valence-electron chi connectivity index (χ1n) is 6.79. The minimum Gasteiger partial charge on any atom is -0.352 e. The fourth-order valence-corrected chi connectivity index (χ4v) is 2.66. The Balaban J connectivity index is 1.75. The van der Waals surface area contributed by atoms with Gasteiger partial charge < -0.3 is 5.32 Å². The molecule has 0 aliphatic rings. The summed E-state index contributed by atoms with van der Waals surface area (Å²) in [5, 5.41) is 15.0. The third kappa shape index (κ3) is 4.04. The predicted molar refractivity (Wildman–Crippen MR) is 82.4 cm³/mol. The van der Waals surface area contributed by atoms with Gasteiger partial charge in [0.15, 0.2) is 0 Å². The van der Waals surface area contributed by atoms with E-state index in [9.17, 15) is 4.79 Å². The highest BCUT2D eigenvalue weighted by molar-refractivity contribution is 7.99. The standard InChI is InChI=1S/C14H19N5OS/c1-10-6-4-7-12(11(10)2)13(20)15-8-5-9-21-14-16-17-18-19(14)3/h4,6-7H,5,8-9H2,1-3H3,(H,15,20). The number of hydrogen-bond donors (Lipinski definition) is 1. The molecular weight excluding hydrogens is 286 g/mol. The van der Waals surface area contributed by atoms with Gasteiger partial charge in [-0.2, -0.15) is 0 Å². The number of nitrogens with one attached hydrogen (secondary N) is 1. The minimum atomic E-state index is -0.0125. The average Bonchev–Trinajstić information content (AvgIpc) is 2.87. The number of carbonyl (C=O) groups is 1. The molecule has 1 amide bonds. The SMILES string of the molecule is Cc1cccc(C(=O)NCCCSc2nnnn2C)c1C. The first-order valence-corrected chi connectivity index (χ1v) is 7.77. The fourth-order valence-electron chi connectivity index (χ4n) is 1.87. The van der Waals surface area contributed by atoms with Gasteiger partial charge in [-0.1, -0.05) is 23.9 Å². The van der Waals surface area contributed by atoms with Crippen LogP contribution in [0.4, 0.5) is 0 Å². The summed E-state index contributed by atoms with van der Waals surface area (Å²) in [7, 11) is 1.81. The molecule has 6 nitrogen and oxygen atoms in total. The van der Waals surface area contributed by atoms with E-state index in [-0.39, 0.29) is 5.91 Å². The topological polar surface area (TPSA) is 72.7 Å². The van der Waals surface area contributed by atoms with Crippen LogP contribution >= 0.6 is 11.8 Å². The molecule has 7 heteroatoms. The van der Waals surface area contributed by atoms with Crippen molar-refractivity contribution in [2.45, 2.75) is 25.4 Å². The second-order valence-corrected chi connectivity index (χ2v) is 5.85. The predicted octanol–water partition coefficient (Wildman–Crippen LogP) is 1.74. The van der Waals surface area contributed by atoms with Crippen molar-refractivity contribution in [1.82, 2.24) is 25.5 Å². The molecule has 0 saturated heterocycles. The van der Waals surface area contributed by atoms with Crippen LogP contribution in [-0.4, -0.2) is 38.4 Å². The van der Waals surface area contributed by atoms with Gasteiger partial charge in [0.05, 0.1) is 0 Å². The Hall–Kier alpha value is -1.89. The Bertz CT molecular complexity index is 626. The molecule has 0 radical (unpaired) electrons. The van der Waals surface area contributed by atoms with Crippen LogP contribution in [0.1, 0.15) is 27.9 Å². The maximum Gasteiger partial charge on any atom is 0.251 e. The molecule has 2 aromatic rings. The van der Waals surface area contributed by atoms with Gasteiger partial charge in [0.2, 0.25) is 5.16 Å². The molecule has 0 spiro atoms. The van der Waals surface area contributed by atoms with Crippen LogP contribution in [-0.2, 0) is 7.05 Å². The van der Waals surface area contributed by atoms with Crippen molar-refractivity contribution in [3.63, 3.8) is 0 Å². The Morgan fingerprint density at radius 1 is 1.38 bits per heavy atom. The number of benzene rings is 1. The molecule has 2 rings (SSSR count). The quantitative estimate of drug-likeness (QED) is 0.650. The summed E-state index contributed by atoms with van der Waals surface area (Å²) in [5.41, 5.74) is 2.92. The number of aryl methyl sites for hydroxylation is 2. The summed E-state index contributed by atoms with van der Waals surface area (Å²) in [6.07, 6.45) is 0.869. The zero-order valence-electron chi connectivity index (χ0n) is 12.5. The molecule has 0 fully saturated rings. The van der Waals surface area contributed by atoms with E-state index in [2.05, 4.69) is 20.8 Å². The van der Waals surface area contributed by atoms with Crippen LogP contribution in [0.5, 0.6) is 0 Å². The molecule has 0 aliphatic heterocycles. The zero-order chi connectivity index (χ0) is 15.2. The number of rotatable bonds is 6. The van der Waals surface area contributed by atoms with Crippen molar-refractivity contribution < 1.29 is 4.79 Å². The van der Waals surface area contributed by atoms with E-state index in [0.29, 0.717) is 6.54 Å². The Labute approximate surface area is 128 Å². The summed E-state index contributed by atoms with van der Waals surface area (Å²) in [6, 6.07) is 5.78. The van der Waals surface area contributed by atoms with Gasteiger partial charge in [0.25, 0.3) is 5.91 Å². The molecule has 0 unspecified atom stereocenters. The Kier molecular flexibility index (Phi) is 5.32. The summed E-state index contributed by atoms with van der Waals surface area (Å²) in [4.78, 5) is 12.1. The summed E-state index contributed by atoms with van der Waals surface area (Å²) in [5.74, 6) is 0.850. The van der Waals surface area contributed by atoms with Crippen LogP contribution in [0.2, 0.25) is 0 Å². The third-order valence-electron chi connectivity index (χ3n) is 3.27. The van der Waals surface area contributed by atoms with Crippen molar-refractivity contribution in [3.8, 4) is 0 Å². The second kappa shape index (κ2) is 7.21. The van der Waals surface area contributed by atoms with Crippen LogP contribution in [0.15, 0.2) is 23.4 Å². The second-order valence-electron chi connectivity index (χ2n) is 4.79. The Morgan fingerprint density at radius 2 is 2.19 bits per heavy atom. The van der Waals surface area contributed by atoms with Gasteiger partial charge in [-0.3, -0.25) is 4.79 Å². The largest absolute Gasteiger partial charge is 0.352 e. The van der Waals surface area contributed by atoms with Crippen molar-refractivity contribution in [3.05, 3.63) is 34.9 Å². The number of nitrogens with zero attached hydrogens (tertiary/aromatic N) is 4. The minimum absolute atomic E-state index is 0.0125. The summed E-state index contributed by atoms with van der Waals surface area (Å²) < 4.78 is 1.64. The number of amides is 1. The molecule has 1 heterocycles. The van der Waals surface area contributed by atoms with E-state index in [1.165, 1.54) is 0 Å². The third-order valence-corrected chi connectivity index (χ3v) is 4.37. The van der Waals surface area contributed by atoms with Crippen molar-refractivity contribution >= 4 is 17.7 Å². The molecule has 0 aliphatic carbocycles. The van der Waals surface area contributed by atoms with Crippen LogP contribution < -0.4 is 5.32 Å². The fraction of sp³-hybridized carbons (Fsp3) is 0.429. The van der Waals surface area contributed by atoms with Crippen LogP contribution in [0.3, 0.4) is 0 Å². The lowest BCUT2D eigenvalue weighted by atomic mass is 10.0. The van der Waals surface area contributed by atoms with Crippen molar-refractivity contribution in [2.75, 3.05) is 12.3 Å². The highest BCUT2D eigenvalue weighted by Crippen LogP contribution is 2.14. The normalized spacial score (nSPS) is 10.6. The molecule has 21 heavy (non-hydrogen) atoms. The molecule has 112 valence electrons. The number of hydrogen-bond acceptors (Lipinski definition) is 5. The molecule has 0 bridgehead atoms. The van der Waals surface area contributed by atoms with E-state index in [0.717, 1.165) is 34.0 Å². The van der Waals surface area contributed by atoms with E-state index in [1.807, 2.05) is 39.1 Å². The van der Waals surface area contributed by atoms with Gasteiger partial charge in [0.1, 0.15) is 0 Å². The zero-order valence-corrected chi connectivity index (χ0v) is 13.3. The van der Waals surface area contributed by atoms with Crippen LogP contribution in [0, 0.1) is 13.8 Å². The van der Waals surface area contributed by atoms with Crippen LogP contribution in [0.25, 0.3) is 0 Å². The highest BCUT2D eigenvalue weighted by atomic mass is 32.2. The lowest BCUT2D eigenvalue weighted by molar-refractivity contribution is 0.0953. The molecule has 1 aromatic heterocycles. The highest BCUT2D eigenvalue weighted by Gasteiger charge is 2.09. The van der Waals surface area contributed by atoms with E-state index in [1.54, 1.807) is 16.4 Å². The van der Waals surface area contributed by atoms with Gasteiger partial charge in [-0.25, -0.2) is 4.68 Å². The smallest absolute Gasteiger partial charge is 0.251 e. The molecule has 1 aromatic carbocycles. The lowest BCUT2D eigenvalue weighted by Gasteiger charge is -2.09. The van der Waals surface area contributed by atoms with E-state index >= 15 is 0 Å².